The molecular formula is C23H29NO3S2. The van der Waals surface area contributed by atoms with E-state index in [2.05, 4.69) is 36.5 Å². The van der Waals surface area contributed by atoms with Crippen LogP contribution in [0.1, 0.15) is 50.3 Å². The van der Waals surface area contributed by atoms with Gasteiger partial charge in [-0.15, -0.1) is 11.8 Å². The first kappa shape index (κ1) is 21.9. The van der Waals surface area contributed by atoms with Gasteiger partial charge in [-0.1, -0.05) is 48.9 Å². The molecule has 0 bridgehead atoms. The standard InChI is InChI=1S/C23H29NO3S2/c1-4-15-29(26,27)21-8-6-5-7-20(21)28-17(3)23(25)24-22(19-13-14-19)18-11-9-16(2)10-12-18/h5-12,17,19,22H,4,13-15H2,1-3H3,(H,24,25). The van der Waals surface area contributed by atoms with Crippen LogP contribution >= 0.6 is 11.8 Å². The minimum Gasteiger partial charge on any atom is -0.348 e. The van der Waals surface area contributed by atoms with E-state index in [1.54, 1.807) is 18.2 Å². The Labute approximate surface area is 178 Å². The first-order valence-electron chi connectivity index (χ1n) is 10.2. The molecule has 0 radical (unpaired) electrons. The Kier molecular flexibility index (Phi) is 7.06. The Morgan fingerprint density at radius 1 is 1.14 bits per heavy atom. The van der Waals surface area contributed by atoms with Crippen molar-refractivity contribution in [2.24, 2.45) is 5.92 Å². The van der Waals surface area contributed by atoms with Gasteiger partial charge in [-0.2, -0.15) is 0 Å². The molecule has 1 fully saturated rings. The molecule has 1 aliphatic rings. The van der Waals surface area contributed by atoms with Crippen LogP contribution < -0.4 is 5.32 Å². The van der Waals surface area contributed by atoms with Crippen molar-refractivity contribution in [3.63, 3.8) is 0 Å². The molecule has 2 aromatic rings. The largest absolute Gasteiger partial charge is 0.348 e. The number of hydrogen-bond acceptors (Lipinski definition) is 4. The number of carbonyl (C=O) groups is 1. The number of hydrogen-bond donors (Lipinski definition) is 1. The van der Waals surface area contributed by atoms with Gasteiger partial charge in [-0.05, 0) is 56.7 Å². The monoisotopic (exact) mass is 431 g/mol. The predicted molar refractivity (Wildman–Crippen MR) is 119 cm³/mol. The van der Waals surface area contributed by atoms with Crippen molar-refractivity contribution in [1.29, 1.82) is 0 Å². The van der Waals surface area contributed by atoms with E-state index in [1.807, 2.05) is 19.9 Å². The fourth-order valence-electron chi connectivity index (χ4n) is 3.37. The van der Waals surface area contributed by atoms with Crippen LogP contribution in [0.25, 0.3) is 0 Å². The van der Waals surface area contributed by atoms with Gasteiger partial charge in [0.1, 0.15) is 0 Å². The minimum absolute atomic E-state index is 0.0187. The molecule has 0 aliphatic heterocycles. The molecule has 0 saturated heterocycles. The zero-order chi connectivity index (χ0) is 21.0. The van der Waals surface area contributed by atoms with E-state index < -0.39 is 9.84 Å². The van der Waals surface area contributed by atoms with Crippen LogP contribution in [0.15, 0.2) is 58.3 Å². The maximum absolute atomic E-state index is 12.9. The fourth-order valence-corrected chi connectivity index (χ4v) is 6.21. The lowest BCUT2D eigenvalue weighted by Crippen LogP contribution is -2.35. The zero-order valence-electron chi connectivity index (χ0n) is 17.2. The van der Waals surface area contributed by atoms with E-state index in [9.17, 15) is 13.2 Å². The van der Waals surface area contributed by atoms with E-state index in [1.165, 1.54) is 17.3 Å². The average molecular weight is 432 g/mol. The van der Waals surface area contributed by atoms with Gasteiger partial charge in [-0.25, -0.2) is 8.42 Å². The summed E-state index contributed by atoms with van der Waals surface area (Å²) in [5, 5.41) is 2.82. The molecular weight excluding hydrogens is 402 g/mol. The Balaban J connectivity index is 1.73. The topological polar surface area (TPSA) is 63.2 Å². The quantitative estimate of drug-likeness (QED) is 0.572. The smallest absolute Gasteiger partial charge is 0.233 e. The van der Waals surface area contributed by atoms with E-state index >= 15 is 0 Å². The highest BCUT2D eigenvalue weighted by atomic mass is 32.2. The maximum Gasteiger partial charge on any atom is 0.233 e. The summed E-state index contributed by atoms with van der Waals surface area (Å²) in [6.07, 6.45) is 2.81. The van der Waals surface area contributed by atoms with Crippen LogP contribution in [0.5, 0.6) is 0 Å². The first-order chi connectivity index (χ1) is 13.8. The SMILES string of the molecule is CCCS(=O)(=O)c1ccccc1SC(C)C(=O)NC(c1ccc(C)cc1)C1CC1. The maximum atomic E-state index is 12.9. The molecule has 6 heteroatoms. The summed E-state index contributed by atoms with van der Waals surface area (Å²) in [5.74, 6) is 0.536. The van der Waals surface area contributed by atoms with Crippen LogP contribution in [0, 0.1) is 12.8 Å². The summed E-state index contributed by atoms with van der Waals surface area (Å²) in [4.78, 5) is 13.9. The number of thioether (sulfide) groups is 1. The molecule has 1 amide bonds. The molecule has 4 nitrogen and oxygen atoms in total. The van der Waals surface area contributed by atoms with Gasteiger partial charge in [0.2, 0.25) is 5.91 Å². The average Bonchev–Trinajstić information content (AvgIpc) is 3.52. The number of amides is 1. The van der Waals surface area contributed by atoms with Crippen molar-refractivity contribution >= 4 is 27.5 Å². The van der Waals surface area contributed by atoms with Crippen molar-refractivity contribution in [2.45, 2.75) is 61.1 Å². The van der Waals surface area contributed by atoms with E-state index in [0.717, 1.165) is 18.4 Å². The Morgan fingerprint density at radius 2 is 1.79 bits per heavy atom. The predicted octanol–water partition coefficient (Wildman–Crippen LogP) is 4.93. The van der Waals surface area contributed by atoms with Gasteiger partial charge >= 0.3 is 0 Å². The molecule has 29 heavy (non-hydrogen) atoms. The summed E-state index contributed by atoms with van der Waals surface area (Å²) in [7, 11) is -3.34. The van der Waals surface area contributed by atoms with Gasteiger partial charge in [-0.3, -0.25) is 4.79 Å². The van der Waals surface area contributed by atoms with Crippen molar-refractivity contribution in [3.05, 3.63) is 59.7 Å². The summed E-state index contributed by atoms with van der Waals surface area (Å²) in [6.45, 7) is 5.74. The Bertz CT molecular complexity index is 950. The number of aryl methyl sites for hydroxylation is 1. The van der Waals surface area contributed by atoms with Crippen LogP contribution in [-0.4, -0.2) is 25.3 Å². The summed E-state index contributed by atoms with van der Waals surface area (Å²) in [6, 6.07) is 15.3. The summed E-state index contributed by atoms with van der Waals surface area (Å²) in [5.41, 5.74) is 2.33. The van der Waals surface area contributed by atoms with Gasteiger partial charge in [0.25, 0.3) is 0 Å². The lowest BCUT2D eigenvalue weighted by molar-refractivity contribution is -0.121. The van der Waals surface area contributed by atoms with E-state index in [-0.39, 0.29) is 23.0 Å². The molecule has 2 aromatic carbocycles. The molecule has 2 unspecified atom stereocenters. The van der Waals surface area contributed by atoms with Crippen LogP contribution in [-0.2, 0) is 14.6 Å². The number of benzene rings is 2. The first-order valence-corrected chi connectivity index (χ1v) is 12.7. The lowest BCUT2D eigenvalue weighted by atomic mass is 10.0. The highest BCUT2D eigenvalue weighted by molar-refractivity contribution is 8.01. The second kappa shape index (κ2) is 9.35. The zero-order valence-corrected chi connectivity index (χ0v) is 18.9. The molecule has 3 rings (SSSR count). The molecule has 2 atom stereocenters. The van der Waals surface area contributed by atoms with Gasteiger partial charge in [0.15, 0.2) is 9.84 Å². The Hall–Kier alpha value is -1.79. The third-order valence-corrected chi connectivity index (χ3v) is 8.44. The summed E-state index contributed by atoms with van der Waals surface area (Å²) >= 11 is 1.31. The van der Waals surface area contributed by atoms with Gasteiger partial charge < -0.3 is 5.32 Å². The second-order valence-corrected chi connectivity index (χ2v) is 11.2. The molecule has 156 valence electrons. The van der Waals surface area contributed by atoms with Crippen molar-refractivity contribution in [1.82, 2.24) is 5.32 Å². The second-order valence-electron chi connectivity index (χ2n) is 7.76. The Morgan fingerprint density at radius 3 is 2.41 bits per heavy atom. The normalized spacial score (nSPS) is 16.2. The number of nitrogens with one attached hydrogen (secondary N) is 1. The number of carbonyl (C=O) groups excluding carboxylic acids is 1. The highest BCUT2D eigenvalue weighted by Crippen LogP contribution is 2.41. The molecule has 1 N–H and O–H groups in total. The third-order valence-electron chi connectivity index (χ3n) is 5.16. The lowest BCUT2D eigenvalue weighted by Gasteiger charge is -2.22. The highest BCUT2D eigenvalue weighted by Gasteiger charge is 2.34. The van der Waals surface area contributed by atoms with Crippen molar-refractivity contribution in [2.75, 3.05) is 5.75 Å². The molecule has 1 aliphatic carbocycles. The van der Waals surface area contributed by atoms with Crippen LogP contribution in [0.2, 0.25) is 0 Å². The summed E-state index contributed by atoms with van der Waals surface area (Å²) < 4.78 is 25.2. The van der Waals surface area contributed by atoms with Gasteiger partial charge in [0.05, 0.1) is 21.9 Å². The van der Waals surface area contributed by atoms with Crippen LogP contribution in [0.4, 0.5) is 0 Å². The van der Waals surface area contributed by atoms with Crippen LogP contribution in [0.3, 0.4) is 0 Å². The molecule has 1 saturated carbocycles. The van der Waals surface area contributed by atoms with E-state index in [0.29, 0.717) is 22.1 Å². The van der Waals surface area contributed by atoms with Crippen molar-refractivity contribution < 1.29 is 13.2 Å². The number of rotatable bonds is 9. The molecule has 0 aromatic heterocycles. The van der Waals surface area contributed by atoms with E-state index in [4.69, 9.17) is 0 Å². The molecule has 0 spiro atoms. The third kappa shape index (κ3) is 5.64. The van der Waals surface area contributed by atoms with Gasteiger partial charge in [0, 0.05) is 4.90 Å². The minimum atomic E-state index is -3.34. The number of sulfone groups is 1. The molecule has 0 heterocycles. The van der Waals surface area contributed by atoms with Crippen molar-refractivity contribution in [3.8, 4) is 0 Å². The fraction of sp³-hybridized carbons (Fsp3) is 0.435.